The molecule has 0 radical (unpaired) electrons. The van der Waals surface area contributed by atoms with E-state index in [4.69, 9.17) is 19.9 Å². The number of nitrogens with zero attached hydrogens (tertiary/aromatic N) is 2. The molecule has 1 aromatic heterocycles. The molecule has 2 aromatic carbocycles. The van der Waals surface area contributed by atoms with Gasteiger partial charge in [0.25, 0.3) is 0 Å². The summed E-state index contributed by atoms with van der Waals surface area (Å²) in [6, 6.07) is 14.4. The van der Waals surface area contributed by atoms with Gasteiger partial charge in [-0.1, -0.05) is 12.1 Å². The Morgan fingerprint density at radius 2 is 1.85 bits per heavy atom. The number of carbonyl (C=O) groups is 1. The number of anilines is 1. The van der Waals surface area contributed by atoms with Crippen LogP contribution in [0.2, 0.25) is 0 Å². The van der Waals surface area contributed by atoms with Crippen LogP contribution in [0.1, 0.15) is 50.1 Å². The van der Waals surface area contributed by atoms with Crippen molar-refractivity contribution >= 4 is 23.5 Å². The molecule has 1 fully saturated rings. The summed E-state index contributed by atoms with van der Waals surface area (Å²) in [6.07, 6.45) is 4.01. The number of nitrogen functional groups attached to an aromatic ring is 1. The number of ether oxygens (including phenoxy) is 3. The number of hydrogen-bond acceptors (Lipinski definition) is 7. The number of halogens is 1. The number of nitrogens with two attached hydrogens (primary N) is 1. The normalized spacial score (nSPS) is 17.5. The van der Waals surface area contributed by atoms with Gasteiger partial charge in [-0.25, -0.2) is 9.18 Å². The Bertz CT molecular complexity index is 1320. The maximum Gasteiger partial charge on any atom is 0.410 e. The van der Waals surface area contributed by atoms with E-state index in [-0.39, 0.29) is 17.1 Å². The number of hydrogen-bond donors (Lipinski definition) is 1. The molecular formula is C30H34FN3O4S. The fourth-order valence-corrected chi connectivity index (χ4v) is 6.01. The lowest BCUT2D eigenvalue weighted by molar-refractivity contribution is 0.0165. The molecule has 1 saturated heterocycles. The largest absolute Gasteiger partial charge is 0.493 e. The Morgan fingerprint density at radius 1 is 1.10 bits per heavy atom. The lowest BCUT2D eigenvalue weighted by atomic mass is 9.98. The zero-order valence-electron chi connectivity index (χ0n) is 22.5. The molecule has 5 rings (SSSR count). The SMILES string of the molecule is CC(C)(C)OC(=O)N1CCC(COc2ccc(C3Cc4nccc(Oc5ccc(N)cc5F)c4S3)cc2)CC1. The van der Waals surface area contributed by atoms with Crippen molar-refractivity contribution < 1.29 is 23.4 Å². The third-order valence-electron chi connectivity index (χ3n) is 6.76. The van der Waals surface area contributed by atoms with Gasteiger partial charge in [-0.2, -0.15) is 0 Å². The van der Waals surface area contributed by atoms with Crippen LogP contribution in [-0.4, -0.2) is 41.3 Å². The zero-order valence-corrected chi connectivity index (χ0v) is 23.3. The van der Waals surface area contributed by atoms with Gasteiger partial charge >= 0.3 is 6.09 Å². The second-order valence-electron chi connectivity index (χ2n) is 11.0. The van der Waals surface area contributed by atoms with Gasteiger partial charge in [-0.15, -0.1) is 11.8 Å². The van der Waals surface area contributed by atoms with Gasteiger partial charge in [0, 0.05) is 48.8 Å². The third-order valence-corrected chi connectivity index (χ3v) is 8.16. The Morgan fingerprint density at radius 3 is 2.54 bits per heavy atom. The summed E-state index contributed by atoms with van der Waals surface area (Å²) in [5, 5.41) is 0.180. The van der Waals surface area contributed by atoms with Gasteiger partial charge in [0.15, 0.2) is 11.6 Å². The first-order valence-electron chi connectivity index (χ1n) is 13.2. The van der Waals surface area contributed by atoms with Crippen LogP contribution in [0.25, 0.3) is 0 Å². The molecule has 0 spiro atoms. The summed E-state index contributed by atoms with van der Waals surface area (Å²) >= 11 is 1.67. The van der Waals surface area contributed by atoms with Crippen molar-refractivity contribution in [1.82, 2.24) is 9.88 Å². The summed E-state index contributed by atoms with van der Waals surface area (Å²) in [6.45, 7) is 7.65. The molecule has 7 nitrogen and oxygen atoms in total. The summed E-state index contributed by atoms with van der Waals surface area (Å²) in [4.78, 5) is 19.5. The van der Waals surface area contributed by atoms with Crippen LogP contribution in [-0.2, 0) is 11.2 Å². The van der Waals surface area contributed by atoms with E-state index in [1.807, 2.05) is 32.9 Å². The van der Waals surface area contributed by atoms with Crippen molar-refractivity contribution in [2.45, 2.75) is 55.8 Å². The van der Waals surface area contributed by atoms with Crippen LogP contribution in [0.3, 0.4) is 0 Å². The molecule has 3 heterocycles. The Hall–Kier alpha value is -3.46. The molecule has 0 bridgehead atoms. The molecule has 2 N–H and O–H groups in total. The standard InChI is InChI=1S/C30H34FN3O4S/c1-30(2,3)38-29(35)34-14-11-19(12-15-34)18-36-22-7-4-20(5-8-22)27-17-24-28(39-27)26(10-13-33-24)37-25-9-6-21(32)16-23(25)31/h4-10,13,16,19,27H,11-12,14-15,17-18,32H2,1-3H3. The van der Waals surface area contributed by atoms with Crippen LogP contribution in [0, 0.1) is 11.7 Å². The van der Waals surface area contributed by atoms with Crippen LogP contribution in [0.15, 0.2) is 59.6 Å². The van der Waals surface area contributed by atoms with E-state index < -0.39 is 11.4 Å². The van der Waals surface area contributed by atoms with Crippen molar-refractivity contribution in [3.05, 3.63) is 71.8 Å². The average Bonchev–Trinajstić information content (AvgIpc) is 3.34. The average molecular weight is 552 g/mol. The maximum atomic E-state index is 14.3. The van der Waals surface area contributed by atoms with Gasteiger partial charge in [0.2, 0.25) is 0 Å². The number of aromatic nitrogens is 1. The molecule has 2 aliphatic rings. The molecule has 39 heavy (non-hydrogen) atoms. The highest BCUT2D eigenvalue weighted by Crippen LogP contribution is 2.50. The number of amides is 1. The minimum atomic E-state index is -0.496. The molecule has 1 unspecified atom stereocenters. The highest BCUT2D eigenvalue weighted by Gasteiger charge is 2.29. The molecule has 0 aliphatic carbocycles. The Kier molecular flexibility index (Phi) is 7.88. The zero-order chi connectivity index (χ0) is 27.6. The van der Waals surface area contributed by atoms with E-state index in [0.29, 0.717) is 37.1 Å². The monoisotopic (exact) mass is 551 g/mol. The number of likely N-dealkylation sites (tertiary alicyclic amines) is 1. The fraction of sp³-hybridized carbons (Fsp3) is 0.400. The first-order chi connectivity index (χ1) is 18.6. The molecule has 3 aromatic rings. The predicted molar refractivity (Wildman–Crippen MR) is 150 cm³/mol. The van der Waals surface area contributed by atoms with Gasteiger partial charge < -0.3 is 24.8 Å². The molecule has 9 heteroatoms. The van der Waals surface area contributed by atoms with Gasteiger partial charge in [0.1, 0.15) is 17.1 Å². The number of fused-ring (bicyclic) bond motifs is 1. The predicted octanol–water partition coefficient (Wildman–Crippen LogP) is 7.01. The molecular weight excluding hydrogens is 517 g/mol. The second-order valence-corrected chi connectivity index (χ2v) is 12.2. The Labute approximate surface area is 232 Å². The van der Waals surface area contributed by atoms with E-state index >= 15 is 0 Å². The first kappa shape index (κ1) is 27.1. The Balaban J connectivity index is 1.13. The molecule has 2 aliphatic heterocycles. The highest BCUT2D eigenvalue weighted by atomic mass is 32.2. The minimum absolute atomic E-state index is 0.138. The van der Waals surface area contributed by atoms with E-state index in [9.17, 15) is 9.18 Å². The van der Waals surface area contributed by atoms with Crippen molar-refractivity contribution in [2.75, 3.05) is 25.4 Å². The van der Waals surface area contributed by atoms with Crippen molar-refractivity contribution in [3.63, 3.8) is 0 Å². The maximum absolute atomic E-state index is 14.3. The molecule has 0 saturated carbocycles. The summed E-state index contributed by atoms with van der Waals surface area (Å²) in [7, 11) is 0. The summed E-state index contributed by atoms with van der Waals surface area (Å²) in [5.41, 5.74) is 7.64. The molecule has 1 amide bonds. The second kappa shape index (κ2) is 11.3. The van der Waals surface area contributed by atoms with E-state index in [1.54, 1.807) is 35.0 Å². The van der Waals surface area contributed by atoms with E-state index in [1.165, 1.54) is 17.7 Å². The summed E-state index contributed by atoms with van der Waals surface area (Å²) in [5.74, 6) is 1.46. The molecule has 206 valence electrons. The van der Waals surface area contributed by atoms with E-state index in [2.05, 4.69) is 17.1 Å². The van der Waals surface area contributed by atoms with Gasteiger partial charge in [-0.3, -0.25) is 4.98 Å². The third kappa shape index (κ3) is 6.76. The van der Waals surface area contributed by atoms with Crippen molar-refractivity contribution in [3.8, 4) is 17.2 Å². The topological polar surface area (TPSA) is 86.9 Å². The van der Waals surface area contributed by atoms with Crippen LogP contribution in [0.5, 0.6) is 17.2 Å². The van der Waals surface area contributed by atoms with Gasteiger partial charge in [0.05, 0.1) is 17.2 Å². The number of rotatable bonds is 6. The number of pyridine rings is 1. The highest BCUT2D eigenvalue weighted by molar-refractivity contribution is 8.00. The number of piperidine rings is 1. The van der Waals surface area contributed by atoms with Crippen molar-refractivity contribution in [2.24, 2.45) is 5.92 Å². The van der Waals surface area contributed by atoms with Crippen LogP contribution in [0.4, 0.5) is 14.9 Å². The first-order valence-corrected chi connectivity index (χ1v) is 14.1. The quantitative estimate of drug-likeness (QED) is 0.330. The minimum Gasteiger partial charge on any atom is -0.493 e. The lowest BCUT2D eigenvalue weighted by Crippen LogP contribution is -2.42. The number of carbonyl (C=O) groups excluding carboxylic acids is 1. The van der Waals surface area contributed by atoms with Crippen molar-refractivity contribution in [1.29, 1.82) is 0 Å². The van der Waals surface area contributed by atoms with Crippen LogP contribution >= 0.6 is 11.8 Å². The van der Waals surface area contributed by atoms with Gasteiger partial charge in [-0.05, 0) is 69.4 Å². The number of benzene rings is 2. The van der Waals surface area contributed by atoms with Crippen LogP contribution < -0.4 is 15.2 Å². The molecule has 1 atom stereocenters. The summed E-state index contributed by atoms with van der Waals surface area (Å²) < 4.78 is 31.8. The number of thioether (sulfide) groups is 1. The smallest absolute Gasteiger partial charge is 0.410 e. The lowest BCUT2D eigenvalue weighted by Gasteiger charge is -2.33. The fourth-order valence-electron chi connectivity index (χ4n) is 4.69. The van der Waals surface area contributed by atoms with E-state index in [0.717, 1.165) is 35.6 Å².